The van der Waals surface area contributed by atoms with E-state index in [1.807, 2.05) is 17.0 Å². The molecule has 2 aliphatic heterocycles. The Balaban J connectivity index is 1.81. The minimum atomic E-state index is -0.0644. The Kier molecular flexibility index (Phi) is 2.54. The molecular formula is C14H18N2O. The molecule has 17 heavy (non-hydrogen) atoms. The van der Waals surface area contributed by atoms with Crippen LogP contribution in [0.4, 0.5) is 5.69 Å². The van der Waals surface area contributed by atoms with E-state index in [2.05, 4.69) is 24.4 Å². The molecule has 2 aliphatic rings. The number of carbonyl (C=O) groups is 1. The largest absolute Gasteiger partial charge is 0.373 e. The van der Waals surface area contributed by atoms with Crippen LogP contribution >= 0.6 is 0 Å². The molecule has 1 saturated heterocycles. The monoisotopic (exact) mass is 230 g/mol. The van der Waals surface area contributed by atoms with Crippen molar-refractivity contribution in [3.05, 3.63) is 29.8 Å². The Hall–Kier alpha value is -1.51. The van der Waals surface area contributed by atoms with Crippen molar-refractivity contribution in [2.75, 3.05) is 18.4 Å². The van der Waals surface area contributed by atoms with Gasteiger partial charge < -0.3 is 10.2 Å². The molecule has 3 heteroatoms. The molecule has 0 aliphatic carbocycles. The summed E-state index contributed by atoms with van der Waals surface area (Å²) in [7, 11) is 0. The summed E-state index contributed by atoms with van der Waals surface area (Å²) in [5, 5.41) is 3.37. The molecule has 1 N–H and O–H groups in total. The van der Waals surface area contributed by atoms with E-state index in [-0.39, 0.29) is 17.9 Å². The van der Waals surface area contributed by atoms with E-state index in [4.69, 9.17) is 0 Å². The summed E-state index contributed by atoms with van der Waals surface area (Å²) in [6.07, 6.45) is 2.31. The predicted molar refractivity (Wildman–Crippen MR) is 68.1 cm³/mol. The van der Waals surface area contributed by atoms with Crippen molar-refractivity contribution in [3.8, 4) is 0 Å². The molecule has 2 unspecified atom stereocenters. The van der Waals surface area contributed by atoms with Crippen LogP contribution in [0.25, 0.3) is 0 Å². The molecule has 0 saturated carbocycles. The molecular weight excluding hydrogens is 212 g/mol. The molecule has 3 nitrogen and oxygen atoms in total. The normalized spacial score (nSPS) is 26.8. The highest BCUT2D eigenvalue weighted by molar-refractivity contribution is 5.88. The molecule has 3 rings (SSSR count). The van der Waals surface area contributed by atoms with E-state index in [0.717, 1.165) is 31.6 Å². The maximum Gasteiger partial charge on any atom is 0.245 e. The lowest BCUT2D eigenvalue weighted by atomic mass is 9.96. The standard InChI is InChI=1S/C14H18N2O/c1-10-11-6-2-3-7-12(11)15-13(10)14(17)16-8-4-5-9-16/h2-3,6-7,10,13,15H,4-5,8-9H2,1H3. The Morgan fingerprint density at radius 3 is 2.71 bits per heavy atom. The first kappa shape index (κ1) is 10.6. The van der Waals surface area contributed by atoms with E-state index >= 15 is 0 Å². The summed E-state index contributed by atoms with van der Waals surface area (Å²) < 4.78 is 0. The number of amides is 1. The molecule has 0 spiro atoms. The van der Waals surface area contributed by atoms with Crippen LogP contribution in [0.5, 0.6) is 0 Å². The van der Waals surface area contributed by atoms with Gasteiger partial charge in [0.05, 0.1) is 0 Å². The van der Waals surface area contributed by atoms with Gasteiger partial charge >= 0.3 is 0 Å². The molecule has 1 fully saturated rings. The second-order valence-electron chi connectivity index (χ2n) is 5.03. The number of hydrogen-bond acceptors (Lipinski definition) is 2. The number of para-hydroxylation sites is 1. The van der Waals surface area contributed by atoms with E-state index in [1.54, 1.807) is 0 Å². The van der Waals surface area contributed by atoms with Crippen LogP contribution in [0.15, 0.2) is 24.3 Å². The highest BCUT2D eigenvalue weighted by atomic mass is 16.2. The van der Waals surface area contributed by atoms with Crippen LogP contribution < -0.4 is 5.32 Å². The van der Waals surface area contributed by atoms with Crippen molar-refractivity contribution in [1.29, 1.82) is 0 Å². The van der Waals surface area contributed by atoms with Crippen molar-refractivity contribution < 1.29 is 4.79 Å². The first-order chi connectivity index (χ1) is 8.27. The smallest absolute Gasteiger partial charge is 0.245 e. The van der Waals surface area contributed by atoms with E-state index in [1.165, 1.54) is 5.56 Å². The lowest BCUT2D eigenvalue weighted by Crippen LogP contribution is -2.41. The number of rotatable bonds is 1. The fraction of sp³-hybridized carbons (Fsp3) is 0.500. The SMILES string of the molecule is CC1c2ccccc2NC1C(=O)N1CCCC1. The van der Waals surface area contributed by atoms with Gasteiger partial charge in [0.25, 0.3) is 0 Å². The third-order valence-corrected chi connectivity index (χ3v) is 3.95. The summed E-state index contributed by atoms with van der Waals surface area (Å²) >= 11 is 0. The number of anilines is 1. The highest BCUT2D eigenvalue weighted by Gasteiger charge is 2.36. The number of carbonyl (C=O) groups excluding carboxylic acids is 1. The fourth-order valence-electron chi connectivity index (χ4n) is 2.91. The number of likely N-dealkylation sites (tertiary alicyclic amines) is 1. The van der Waals surface area contributed by atoms with Gasteiger partial charge in [0.1, 0.15) is 6.04 Å². The second kappa shape index (κ2) is 4.06. The fourth-order valence-corrected chi connectivity index (χ4v) is 2.91. The molecule has 1 aromatic rings. The molecule has 2 heterocycles. The minimum Gasteiger partial charge on any atom is -0.373 e. The van der Waals surface area contributed by atoms with Gasteiger partial charge in [-0.15, -0.1) is 0 Å². The summed E-state index contributed by atoms with van der Waals surface area (Å²) in [6, 6.07) is 8.17. The lowest BCUT2D eigenvalue weighted by molar-refractivity contribution is -0.131. The summed E-state index contributed by atoms with van der Waals surface area (Å²) in [5.41, 5.74) is 2.39. The van der Waals surface area contributed by atoms with Crippen LogP contribution in [0.2, 0.25) is 0 Å². The van der Waals surface area contributed by atoms with Crippen LogP contribution in [-0.4, -0.2) is 29.9 Å². The molecule has 0 bridgehead atoms. The van der Waals surface area contributed by atoms with E-state index in [9.17, 15) is 4.79 Å². The summed E-state index contributed by atoms with van der Waals surface area (Å²) in [5.74, 6) is 0.547. The maximum atomic E-state index is 12.4. The van der Waals surface area contributed by atoms with Crippen LogP contribution in [0.3, 0.4) is 0 Å². The van der Waals surface area contributed by atoms with Crippen molar-refractivity contribution >= 4 is 11.6 Å². The molecule has 0 aromatic heterocycles. The van der Waals surface area contributed by atoms with E-state index in [0.29, 0.717) is 0 Å². The molecule has 2 atom stereocenters. The zero-order valence-electron chi connectivity index (χ0n) is 10.1. The number of nitrogens with zero attached hydrogens (tertiary/aromatic N) is 1. The van der Waals surface area contributed by atoms with Crippen LogP contribution in [-0.2, 0) is 4.79 Å². The average Bonchev–Trinajstić information content (AvgIpc) is 2.97. The zero-order valence-corrected chi connectivity index (χ0v) is 10.1. The topological polar surface area (TPSA) is 32.3 Å². The van der Waals surface area contributed by atoms with Gasteiger partial charge in [0.15, 0.2) is 0 Å². The van der Waals surface area contributed by atoms with Crippen molar-refractivity contribution in [1.82, 2.24) is 4.90 Å². The molecule has 1 amide bonds. The van der Waals surface area contributed by atoms with Crippen molar-refractivity contribution in [2.45, 2.75) is 31.7 Å². The first-order valence-electron chi connectivity index (χ1n) is 6.41. The third kappa shape index (κ3) is 1.70. The third-order valence-electron chi connectivity index (χ3n) is 3.95. The van der Waals surface area contributed by atoms with Crippen LogP contribution in [0.1, 0.15) is 31.2 Å². The molecule has 0 radical (unpaired) electrons. The quantitative estimate of drug-likeness (QED) is 0.802. The Morgan fingerprint density at radius 1 is 1.29 bits per heavy atom. The molecule has 1 aromatic carbocycles. The number of benzene rings is 1. The lowest BCUT2D eigenvalue weighted by Gasteiger charge is -2.23. The van der Waals surface area contributed by atoms with Crippen LogP contribution in [0, 0.1) is 0 Å². The average molecular weight is 230 g/mol. The zero-order chi connectivity index (χ0) is 11.8. The van der Waals surface area contributed by atoms with Gasteiger partial charge in [-0.1, -0.05) is 25.1 Å². The predicted octanol–water partition coefficient (Wildman–Crippen LogP) is 2.21. The van der Waals surface area contributed by atoms with Gasteiger partial charge in [-0.3, -0.25) is 4.79 Å². The van der Waals surface area contributed by atoms with Crippen molar-refractivity contribution in [2.24, 2.45) is 0 Å². The van der Waals surface area contributed by atoms with Gasteiger partial charge in [-0.2, -0.15) is 0 Å². The first-order valence-corrected chi connectivity index (χ1v) is 6.41. The number of hydrogen-bond donors (Lipinski definition) is 1. The summed E-state index contributed by atoms with van der Waals surface area (Å²) in [4.78, 5) is 14.4. The van der Waals surface area contributed by atoms with Crippen molar-refractivity contribution in [3.63, 3.8) is 0 Å². The number of nitrogens with one attached hydrogen (secondary N) is 1. The van der Waals surface area contributed by atoms with Gasteiger partial charge in [-0.25, -0.2) is 0 Å². The minimum absolute atomic E-state index is 0.0644. The Bertz CT molecular complexity index is 438. The second-order valence-corrected chi connectivity index (χ2v) is 5.03. The Morgan fingerprint density at radius 2 is 2.00 bits per heavy atom. The highest BCUT2D eigenvalue weighted by Crippen LogP contribution is 2.36. The summed E-state index contributed by atoms with van der Waals surface area (Å²) in [6.45, 7) is 4.00. The van der Waals surface area contributed by atoms with Gasteiger partial charge in [0, 0.05) is 24.7 Å². The van der Waals surface area contributed by atoms with E-state index < -0.39 is 0 Å². The Labute approximate surface area is 102 Å². The number of fused-ring (bicyclic) bond motifs is 1. The molecule has 90 valence electrons. The van der Waals surface area contributed by atoms with Gasteiger partial charge in [0.2, 0.25) is 5.91 Å². The van der Waals surface area contributed by atoms with Gasteiger partial charge in [-0.05, 0) is 24.5 Å². The maximum absolute atomic E-state index is 12.4.